The van der Waals surface area contributed by atoms with Crippen molar-refractivity contribution < 1.29 is 32.9 Å². The van der Waals surface area contributed by atoms with E-state index in [1.165, 1.54) is 70.6 Å². The average Bonchev–Trinajstić information content (AvgIpc) is 3.19. The zero-order valence-electron chi connectivity index (χ0n) is 34.3. The van der Waals surface area contributed by atoms with Gasteiger partial charge in [-0.25, -0.2) is 9.18 Å². The van der Waals surface area contributed by atoms with Crippen LogP contribution in [-0.4, -0.2) is 36.9 Å². The molecule has 7 heteroatoms. The fourth-order valence-corrected chi connectivity index (χ4v) is 7.46. The predicted molar refractivity (Wildman–Crippen MR) is 222 cm³/mol. The Kier molecular flexibility index (Phi) is 20.1. The van der Waals surface area contributed by atoms with Crippen molar-refractivity contribution in [1.82, 2.24) is 0 Å². The van der Waals surface area contributed by atoms with Crippen LogP contribution in [0, 0.1) is 11.8 Å². The molecule has 1 aliphatic rings. The zero-order valence-corrected chi connectivity index (χ0v) is 34.3. The Morgan fingerprint density at radius 2 is 1.24 bits per heavy atom. The number of alkyl halides is 1. The number of hydrogen-bond acceptors (Lipinski definition) is 6. The molecule has 0 spiro atoms. The first-order valence-electron chi connectivity index (χ1n) is 21.7. The van der Waals surface area contributed by atoms with E-state index in [-0.39, 0.29) is 23.9 Å². The molecular formula is C48H69FO6. The van der Waals surface area contributed by atoms with Crippen LogP contribution in [0.4, 0.5) is 9.18 Å². The highest BCUT2D eigenvalue weighted by molar-refractivity contribution is 5.86. The Labute approximate surface area is 331 Å². The van der Waals surface area contributed by atoms with E-state index in [9.17, 15) is 14.0 Å². The van der Waals surface area contributed by atoms with E-state index in [0.717, 1.165) is 61.0 Å². The van der Waals surface area contributed by atoms with Crippen LogP contribution in [0.15, 0.2) is 60.7 Å². The number of carbonyl (C=O) groups is 2. The molecule has 0 aliphatic heterocycles. The van der Waals surface area contributed by atoms with Gasteiger partial charge in [-0.1, -0.05) is 123 Å². The SMILES string of the molecule is CCC(C)CCCCCCCCCCCCOC1CCC(OC(=O)Oc2ccc3cc(Oc4ccc(CC(=O)CCC(C)C(F)CC)cc4)ccc3c2)CC1. The molecule has 3 aromatic rings. The van der Waals surface area contributed by atoms with E-state index in [4.69, 9.17) is 18.9 Å². The van der Waals surface area contributed by atoms with Crippen LogP contribution < -0.4 is 9.47 Å². The monoisotopic (exact) mass is 761 g/mol. The van der Waals surface area contributed by atoms with Gasteiger partial charge in [-0.2, -0.15) is 0 Å². The normalized spacial score (nSPS) is 17.4. The van der Waals surface area contributed by atoms with Crippen LogP contribution >= 0.6 is 0 Å². The van der Waals surface area contributed by atoms with Gasteiger partial charge in [0.05, 0.1) is 6.10 Å². The summed E-state index contributed by atoms with van der Waals surface area (Å²) >= 11 is 0. The lowest BCUT2D eigenvalue weighted by Gasteiger charge is -2.28. The summed E-state index contributed by atoms with van der Waals surface area (Å²) in [4.78, 5) is 25.1. The molecule has 3 unspecified atom stereocenters. The lowest BCUT2D eigenvalue weighted by atomic mass is 9.95. The number of fused-ring (bicyclic) bond motifs is 1. The minimum Gasteiger partial charge on any atom is -0.457 e. The summed E-state index contributed by atoms with van der Waals surface area (Å²) in [6.45, 7) is 9.19. The van der Waals surface area contributed by atoms with E-state index >= 15 is 0 Å². The van der Waals surface area contributed by atoms with Crippen molar-refractivity contribution in [3.05, 3.63) is 66.2 Å². The van der Waals surface area contributed by atoms with Gasteiger partial charge < -0.3 is 18.9 Å². The zero-order chi connectivity index (χ0) is 39.3. The van der Waals surface area contributed by atoms with Gasteiger partial charge in [0.15, 0.2) is 0 Å². The van der Waals surface area contributed by atoms with Crippen molar-refractivity contribution in [3.8, 4) is 17.2 Å². The minimum atomic E-state index is -0.854. The molecule has 0 saturated heterocycles. The first-order chi connectivity index (χ1) is 26.7. The molecule has 304 valence electrons. The molecule has 55 heavy (non-hydrogen) atoms. The van der Waals surface area contributed by atoms with Gasteiger partial charge in [-0.05, 0) is 110 Å². The van der Waals surface area contributed by atoms with Crippen LogP contribution in [0.3, 0.4) is 0 Å². The lowest BCUT2D eigenvalue weighted by molar-refractivity contribution is -0.118. The molecule has 0 bridgehead atoms. The molecule has 0 N–H and O–H groups in total. The Morgan fingerprint density at radius 1 is 0.673 bits per heavy atom. The quantitative estimate of drug-likeness (QED) is 0.0461. The first-order valence-corrected chi connectivity index (χ1v) is 21.7. The third kappa shape index (κ3) is 17.1. The maximum absolute atomic E-state index is 13.8. The topological polar surface area (TPSA) is 71.1 Å². The van der Waals surface area contributed by atoms with Gasteiger partial charge in [-0.3, -0.25) is 4.79 Å². The number of Topliss-reactive ketones (excluding diaryl/α,β-unsaturated/α-hetero) is 1. The number of hydrogen-bond donors (Lipinski definition) is 0. The summed E-state index contributed by atoms with van der Waals surface area (Å²) in [6.07, 6.45) is 19.8. The summed E-state index contributed by atoms with van der Waals surface area (Å²) < 4.78 is 37.3. The second-order valence-electron chi connectivity index (χ2n) is 16.1. The van der Waals surface area contributed by atoms with E-state index in [0.29, 0.717) is 42.9 Å². The highest BCUT2D eigenvalue weighted by atomic mass is 19.1. The van der Waals surface area contributed by atoms with Crippen molar-refractivity contribution in [3.63, 3.8) is 0 Å². The van der Waals surface area contributed by atoms with Gasteiger partial charge in [-0.15, -0.1) is 0 Å². The van der Waals surface area contributed by atoms with E-state index in [2.05, 4.69) is 13.8 Å². The molecule has 1 aliphatic carbocycles. The van der Waals surface area contributed by atoms with Crippen LogP contribution in [-0.2, 0) is 20.7 Å². The smallest absolute Gasteiger partial charge is 0.457 e. The molecular weight excluding hydrogens is 692 g/mol. The summed E-state index contributed by atoms with van der Waals surface area (Å²) in [5.74, 6) is 2.69. The standard InChI is InChI=1S/C48H69FO6/c1-5-36(3)17-15-13-11-9-7-8-10-12-14-16-32-52-42-28-30-44(31-29-42)54-48(51)55-46-27-22-39-34-45(26-21-40(39)35-46)53-43-24-19-38(20-25-43)33-41(50)23-18-37(4)47(49)6-2/h19-22,24-27,34-37,42,44,47H,5-18,23,28-33H2,1-4H3. The molecule has 0 amide bonds. The van der Waals surface area contributed by atoms with Crippen LogP contribution in [0.1, 0.15) is 155 Å². The van der Waals surface area contributed by atoms with Gasteiger partial charge in [0.25, 0.3) is 0 Å². The summed E-state index contributed by atoms with van der Waals surface area (Å²) in [5.41, 5.74) is 0.911. The molecule has 6 nitrogen and oxygen atoms in total. The van der Waals surface area contributed by atoms with Gasteiger partial charge in [0.2, 0.25) is 0 Å². The maximum atomic E-state index is 13.8. The summed E-state index contributed by atoms with van der Waals surface area (Å²) in [5, 5.41) is 1.86. The summed E-state index contributed by atoms with van der Waals surface area (Å²) in [7, 11) is 0. The maximum Gasteiger partial charge on any atom is 0.514 e. The van der Waals surface area contributed by atoms with E-state index in [1.807, 2.05) is 68.4 Å². The Morgan fingerprint density at radius 3 is 1.87 bits per heavy atom. The van der Waals surface area contributed by atoms with E-state index in [1.54, 1.807) is 6.07 Å². The average molecular weight is 761 g/mol. The second kappa shape index (κ2) is 24.9. The number of halogens is 1. The number of benzene rings is 3. The third-order valence-corrected chi connectivity index (χ3v) is 11.5. The van der Waals surface area contributed by atoms with E-state index < -0.39 is 12.3 Å². The Hall–Kier alpha value is -3.45. The Bertz CT molecular complexity index is 1530. The van der Waals surface area contributed by atoms with Crippen molar-refractivity contribution in [2.24, 2.45) is 11.8 Å². The first kappa shape index (κ1) is 44.3. The number of carbonyl (C=O) groups excluding carboxylic acids is 2. The number of unbranched alkanes of at least 4 members (excludes halogenated alkanes) is 9. The van der Waals surface area contributed by atoms with Crippen molar-refractivity contribution in [2.75, 3.05) is 6.61 Å². The molecule has 3 aromatic carbocycles. The molecule has 0 radical (unpaired) electrons. The molecule has 0 aromatic heterocycles. The predicted octanol–water partition coefficient (Wildman–Crippen LogP) is 14.1. The highest BCUT2D eigenvalue weighted by Gasteiger charge is 2.25. The molecule has 0 heterocycles. The van der Waals surface area contributed by atoms with Gasteiger partial charge in [0.1, 0.15) is 35.3 Å². The van der Waals surface area contributed by atoms with Crippen LogP contribution in [0.5, 0.6) is 17.2 Å². The molecule has 1 saturated carbocycles. The highest BCUT2D eigenvalue weighted by Crippen LogP contribution is 2.30. The van der Waals surface area contributed by atoms with Gasteiger partial charge >= 0.3 is 6.16 Å². The van der Waals surface area contributed by atoms with Crippen molar-refractivity contribution in [2.45, 2.75) is 174 Å². The lowest BCUT2D eigenvalue weighted by Crippen LogP contribution is -2.29. The Balaban J connectivity index is 1.06. The van der Waals surface area contributed by atoms with Crippen LogP contribution in [0.25, 0.3) is 10.8 Å². The fraction of sp³-hybridized carbons (Fsp3) is 0.625. The third-order valence-electron chi connectivity index (χ3n) is 11.5. The largest absolute Gasteiger partial charge is 0.514 e. The molecule has 3 atom stereocenters. The van der Waals surface area contributed by atoms with Crippen molar-refractivity contribution in [1.29, 1.82) is 0 Å². The molecule has 4 rings (SSSR count). The second-order valence-corrected chi connectivity index (χ2v) is 16.1. The number of ether oxygens (including phenoxy) is 4. The van der Waals surface area contributed by atoms with Crippen LogP contribution in [0.2, 0.25) is 0 Å². The minimum absolute atomic E-state index is 0.101. The molecule has 1 fully saturated rings. The van der Waals surface area contributed by atoms with Crippen molar-refractivity contribution >= 4 is 22.7 Å². The number of ketones is 1. The fourth-order valence-electron chi connectivity index (χ4n) is 7.46. The number of rotatable bonds is 26. The summed E-state index contributed by atoms with van der Waals surface area (Å²) in [6, 6.07) is 18.7. The van der Waals surface area contributed by atoms with Gasteiger partial charge in [0, 0.05) is 19.4 Å².